The summed E-state index contributed by atoms with van der Waals surface area (Å²) in [6, 6.07) is 7.44. The third kappa shape index (κ3) is 7.68. The van der Waals surface area contributed by atoms with E-state index >= 15 is 0 Å². The van der Waals surface area contributed by atoms with E-state index in [1.54, 1.807) is 20.0 Å². The summed E-state index contributed by atoms with van der Waals surface area (Å²) in [6.07, 6.45) is 1.81. The first kappa shape index (κ1) is 30.4. The number of rotatable bonds is 12. The number of halogens is 2. The first-order valence-electron chi connectivity index (χ1n) is 14.1. The molecule has 5 rings (SSSR count). The Bertz CT molecular complexity index is 1610. The minimum Gasteiger partial charge on any atom is -0.458 e. The lowest BCUT2D eigenvalue weighted by Gasteiger charge is -2.20. The Balaban J connectivity index is 1.28. The first-order chi connectivity index (χ1) is 20.6. The molecule has 2 unspecified atom stereocenters. The number of esters is 1. The summed E-state index contributed by atoms with van der Waals surface area (Å²) in [5, 5.41) is 15.4. The Morgan fingerprint density at radius 3 is 2.79 bits per heavy atom. The van der Waals surface area contributed by atoms with Crippen molar-refractivity contribution in [2.45, 2.75) is 70.4 Å². The predicted octanol–water partition coefficient (Wildman–Crippen LogP) is 5.51. The van der Waals surface area contributed by atoms with Crippen LogP contribution in [0.2, 0.25) is 0 Å². The van der Waals surface area contributed by atoms with E-state index in [0.717, 1.165) is 40.6 Å². The highest BCUT2D eigenvalue weighted by Crippen LogP contribution is 2.37. The van der Waals surface area contributed by atoms with E-state index in [-0.39, 0.29) is 41.2 Å². The molecule has 228 valence electrons. The van der Waals surface area contributed by atoms with Crippen molar-refractivity contribution < 1.29 is 27.6 Å². The topological polar surface area (TPSA) is 144 Å². The Hall–Kier alpha value is -4.04. The summed E-state index contributed by atoms with van der Waals surface area (Å²) < 4.78 is 37.4. The molecule has 14 heteroatoms. The maximum Gasteiger partial charge on any atom is 0.350 e. The van der Waals surface area contributed by atoms with Gasteiger partial charge in [-0.3, -0.25) is 4.79 Å². The molecule has 0 bridgehead atoms. The quantitative estimate of drug-likeness (QED) is 0.138. The van der Waals surface area contributed by atoms with Crippen LogP contribution in [-0.4, -0.2) is 63.6 Å². The van der Waals surface area contributed by atoms with Crippen molar-refractivity contribution in [2.75, 3.05) is 24.2 Å². The van der Waals surface area contributed by atoms with Crippen LogP contribution in [0, 0.1) is 13.8 Å². The summed E-state index contributed by atoms with van der Waals surface area (Å²) in [6.45, 7) is 4.12. The van der Waals surface area contributed by atoms with Gasteiger partial charge < -0.3 is 25.2 Å². The summed E-state index contributed by atoms with van der Waals surface area (Å²) in [5.74, 6) is -2.26. The molecule has 1 fully saturated rings. The zero-order chi connectivity index (χ0) is 30.6. The molecule has 1 saturated carbocycles. The predicted molar refractivity (Wildman–Crippen MR) is 158 cm³/mol. The summed E-state index contributed by atoms with van der Waals surface area (Å²) in [5.41, 5.74) is 1.14. The highest BCUT2D eigenvalue weighted by Gasteiger charge is 2.41. The van der Waals surface area contributed by atoms with Crippen LogP contribution in [0.15, 0.2) is 35.0 Å². The number of thiazole rings is 1. The lowest BCUT2D eigenvalue weighted by atomic mass is 10.0. The maximum atomic E-state index is 13.5. The third-order valence-electron chi connectivity index (χ3n) is 7.16. The molecule has 0 aliphatic heterocycles. The van der Waals surface area contributed by atoms with E-state index in [2.05, 4.69) is 36.1 Å². The normalized spacial score (nSPS) is 16.7. The molecule has 0 spiro atoms. The molecule has 0 saturated heterocycles. The minimum atomic E-state index is -2.82. The van der Waals surface area contributed by atoms with Gasteiger partial charge in [-0.25, -0.2) is 23.5 Å². The number of aromatic nitrogens is 4. The van der Waals surface area contributed by atoms with Gasteiger partial charge in [-0.2, -0.15) is 4.98 Å². The number of alkyl halides is 2. The van der Waals surface area contributed by atoms with Crippen molar-refractivity contribution in [1.29, 1.82) is 0 Å². The number of hydrogen-bond acceptors (Lipinski definition) is 11. The number of aryl methyl sites for hydroxylation is 2. The second kappa shape index (κ2) is 13.1. The third-order valence-corrected chi connectivity index (χ3v) is 8.22. The number of anilines is 2. The van der Waals surface area contributed by atoms with Crippen molar-refractivity contribution in [3.05, 3.63) is 46.9 Å². The fourth-order valence-electron chi connectivity index (χ4n) is 5.03. The van der Waals surface area contributed by atoms with E-state index in [0.29, 0.717) is 29.6 Å². The number of nitrogens with zero attached hydrogens (tertiary/aromatic N) is 4. The summed E-state index contributed by atoms with van der Waals surface area (Å²) in [7, 11) is 1.87. The van der Waals surface area contributed by atoms with Gasteiger partial charge in [0.05, 0.1) is 5.69 Å². The zero-order valence-corrected chi connectivity index (χ0v) is 24.9. The lowest BCUT2D eigenvalue weighted by molar-refractivity contribution is -0.116. The average Bonchev–Trinajstić information content (AvgIpc) is 3.66. The number of carbonyl (C=O) groups is 2. The van der Waals surface area contributed by atoms with Gasteiger partial charge in [0, 0.05) is 49.4 Å². The van der Waals surface area contributed by atoms with E-state index in [1.807, 2.05) is 31.3 Å². The number of hydrogen-bond donors (Lipinski definition) is 3. The van der Waals surface area contributed by atoms with Gasteiger partial charge in [-0.15, -0.1) is 0 Å². The Labute approximate surface area is 250 Å². The SMILES string of the molecule is CNCCCC(CC(=O)Nc1nc(C)c(C(=O)OC2CCC(F)(F)C2)s1)Nc1nccc2ccc(-c3noc(C)n3)cc12. The van der Waals surface area contributed by atoms with Gasteiger partial charge in [0.15, 0.2) is 5.13 Å². The first-order valence-corrected chi connectivity index (χ1v) is 14.9. The number of carbonyl (C=O) groups excluding carboxylic acids is 2. The van der Waals surface area contributed by atoms with Gasteiger partial charge >= 0.3 is 5.97 Å². The number of pyridine rings is 1. The van der Waals surface area contributed by atoms with Crippen LogP contribution in [0.5, 0.6) is 0 Å². The van der Waals surface area contributed by atoms with Gasteiger partial charge in [0.25, 0.3) is 5.92 Å². The number of fused-ring (bicyclic) bond motifs is 1. The fourth-order valence-corrected chi connectivity index (χ4v) is 5.90. The molecule has 3 aromatic heterocycles. The number of benzene rings is 1. The zero-order valence-electron chi connectivity index (χ0n) is 24.1. The van der Waals surface area contributed by atoms with Crippen LogP contribution in [0.1, 0.15) is 59.8 Å². The highest BCUT2D eigenvalue weighted by atomic mass is 32.1. The smallest absolute Gasteiger partial charge is 0.350 e. The lowest BCUT2D eigenvalue weighted by Crippen LogP contribution is -2.28. The Morgan fingerprint density at radius 2 is 2.07 bits per heavy atom. The second-order valence-electron chi connectivity index (χ2n) is 10.6. The van der Waals surface area contributed by atoms with Gasteiger partial charge in [0.2, 0.25) is 17.6 Å². The molecule has 1 aromatic carbocycles. The molecular weight excluding hydrogens is 580 g/mol. The molecule has 0 radical (unpaired) electrons. The van der Waals surface area contributed by atoms with Crippen molar-refractivity contribution in [2.24, 2.45) is 0 Å². The molecular formula is C29H33F2N7O4S. The van der Waals surface area contributed by atoms with E-state index in [9.17, 15) is 18.4 Å². The van der Waals surface area contributed by atoms with E-state index in [1.165, 1.54) is 0 Å². The Morgan fingerprint density at radius 1 is 1.23 bits per heavy atom. The van der Waals surface area contributed by atoms with Gasteiger partial charge in [-0.05, 0) is 57.3 Å². The molecule has 2 atom stereocenters. The standard InChI is InChI=1S/C29H33F2N7O4S/c1-16-24(27(40)41-21-8-10-29(30,31)15-21)43-28(34-16)37-23(39)14-20(5-4-11-32-3)36-26-22-13-19(25-35-17(2)42-38-25)7-6-18(22)9-12-33-26/h6-7,9,12-13,20-21,32H,4-5,8,10-11,14-15H2,1-3H3,(H,33,36)(H,34,37,39). The van der Waals surface area contributed by atoms with Crippen LogP contribution in [0.3, 0.4) is 0 Å². The van der Waals surface area contributed by atoms with Gasteiger partial charge in [-0.1, -0.05) is 28.6 Å². The molecule has 1 amide bonds. The van der Waals surface area contributed by atoms with Gasteiger partial charge in [0.1, 0.15) is 16.8 Å². The highest BCUT2D eigenvalue weighted by molar-refractivity contribution is 7.17. The molecule has 43 heavy (non-hydrogen) atoms. The van der Waals surface area contributed by atoms with Crippen LogP contribution in [-0.2, 0) is 9.53 Å². The molecule has 4 aromatic rings. The maximum absolute atomic E-state index is 13.5. The monoisotopic (exact) mass is 613 g/mol. The van der Waals surface area contributed by atoms with E-state index < -0.39 is 24.4 Å². The average molecular weight is 614 g/mol. The number of ether oxygens (including phenoxy) is 1. The molecule has 1 aliphatic rings. The minimum absolute atomic E-state index is 0.112. The van der Waals surface area contributed by atoms with Crippen LogP contribution in [0.4, 0.5) is 19.7 Å². The van der Waals surface area contributed by atoms with Crippen molar-refractivity contribution in [3.63, 3.8) is 0 Å². The fraction of sp³-hybridized carbons (Fsp3) is 0.448. The largest absolute Gasteiger partial charge is 0.458 e. The Kier molecular flexibility index (Phi) is 9.25. The van der Waals surface area contributed by atoms with Crippen LogP contribution in [0.25, 0.3) is 22.2 Å². The molecule has 1 aliphatic carbocycles. The van der Waals surface area contributed by atoms with Crippen LogP contribution >= 0.6 is 11.3 Å². The number of nitrogens with one attached hydrogen (secondary N) is 3. The summed E-state index contributed by atoms with van der Waals surface area (Å²) >= 11 is 0.967. The van der Waals surface area contributed by atoms with Crippen molar-refractivity contribution in [1.82, 2.24) is 25.4 Å². The number of amides is 1. The van der Waals surface area contributed by atoms with Crippen molar-refractivity contribution in [3.8, 4) is 11.4 Å². The second-order valence-corrected chi connectivity index (χ2v) is 11.6. The molecule has 3 heterocycles. The van der Waals surface area contributed by atoms with Crippen LogP contribution < -0.4 is 16.0 Å². The summed E-state index contributed by atoms with van der Waals surface area (Å²) in [4.78, 5) is 39.1. The molecule has 3 N–H and O–H groups in total. The van der Waals surface area contributed by atoms with Crippen molar-refractivity contribution >= 4 is 44.9 Å². The van der Waals surface area contributed by atoms with E-state index in [4.69, 9.17) is 9.26 Å². The molecule has 11 nitrogen and oxygen atoms in total.